The van der Waals surface area contributed by atoms with Crippen molar-refractivity contribution in [2.24, 2.45) is 10.8 Å². The molecule has 5 aliphatic rings. The summed E-state index contributed by atoms with van der Waals surface area (Å²) in [6, 6.07) is 2.27. The summed E-state index contributed by atoms with van der Waals surface area (Å²) in [7, 11) is 0. The van der Waals surface area contributed by atoms with Crippen molar-refractivity contribution in [2.45, 2.75) is 75.5 Å². The predicted octanol–water partition coefficient (Wildman–Crippen LogP) is 4.11. The van der Waals surface area contributed by atoms with Gasteiger partial charge in [0.25, 0.3) is 0 Å². The molecule has 198 valence electrons. The number of halogens is 3. The Morgan fingerprint density at radius 3 is 2.05 bits per heavy atom. The monoisotopic (exact) mass is 517 g/mol. The first-order chi connectivity index (χ1) is 17.7. The van der Waals surface area contributed by atoms with Crippen LogP contribution < -0.4 is 4.74 Å². The highest BCUT2D eigenvalue weighted by molar-refractivity contribution is 5.76. The first-order valence-corrected chi connectivity index (χ1v) is 13.2. The second kappa shape index (κ2) is 8.04. The maximum Gasteiger partial charge on any atom is 0.435 e. The number of hydrogen-bond donors (Lipinski definition) is 1. The van der Waals surface area contributed by atoms with E-state index in [4.69, 9.17) is 4.74 Å². The Balaban J connectivity index is 0.838. The highest BCUT2D eigenvalue weighted by atomic mass is 19.4. The molecule has 2 saturated heterocycles. The number of hydrogen-bond acceptors (Lipinski definition) is 6. The maximum absolute atomic E-state index is 13.0. The van der Waals surface area contributed by atoms with Crippen LogP contribution in [-0.2, 0) is 6.18 Å². The number of alkyl halides is 3. The van der Waals surface area contributed by atoms with Crippen LogP contribution in [-0.4, -0.2) is 73.5 Å². The average molecular weight is 518 g/mol. The lowest BCUT2D eigenvalue weighted by Gasteiger charge is -2.61. The van der Waals surface area contributed by atoms with Crippen molar-refractivity contribution in [3.05, 3.63) is 29.5 Å². The van der Waals surface area contributed by atoms with Crippen LogP contribution in [0.4, 0.5) is 18.0 Å². The molecule has 3 saturated carbocycles. The van der Waals surface area contributed by atoms with Crippen molar-refractivity contribution in [3.8, 4) is 5.88 Å². The molecule has 2 aromatic rings. The smallest absolute Gasteiger partial charge is 0.435 e. The molecule has 0 unspecified atom stereocenters. The Morgan fingerprint density at radius 1 is 0.865 bits per heavy atom. The zero-order valence-corrected chi connectivity index (χ0v) is 20.5. The Morgan fingerprint density at radius 2 is 1.49 bits per heavy atom. The molecule has 1 N–H and O–H groups in total. The number of H-pyrrole nitrogens is 1. The van der Waals surface area contributed by atoms with Crippen molar-refractivity contribution in [2.75, 3.05) is 26.2 Å². The molecule has 9 nitrogen and oxygen atoms in total. The van der Waals surface area contributed by atoms with Crippen LogP contribution in [0.1, 0.15) is 80.5 Å². The summed E-state index contributed by atoms with van der Waals surface area (Å²) in [5.74, 6) is 3.21. The van der Waals surface area contributed by atoms with E-state index < -0.39 is 11.9 Å². The fourth-order valence-corrected chi connectivity index (χ4v) is 6.79. The first kappa shape index (κ1) is 23.2. The summed E-state index contributed by atoms with van der Waals surface area (Å²) in [5.41, 5.74) is -0.632. The minimum absolute atomic E-state index is 0.0899. The number of amides is 2. The van der Waals surface area contributed by atoms with E-state index >= 15 is 0 Å². The minimum atomic E-state index is -4.51. The Bertz CT molecular complexity index is 1170. The van der Waals surface area contributed by atoms with Gasteiger partial charge in [-0.15, -0.1) is 20.4 Å². The average Bonchev–Trinajstić information content (AvgIpc) is 3.53. The molecule has 2 amide bonds. The Hall–Kier alpha value is -2.92. The number of rotatable bonds is 4. The molecule has 7 rings (SSSR count). The lowest BCUT2D eigenvalue weighted by molar-refractivity contribution is -0.141. The van der Waals surface area contributed by atoms with Gasteiger partial charge in [-0.05, 0) is 57.4 Å². The molecule has 2 aromatic heterocycles. The van der Waals surface area contributed by atoms with Gasteiger partial charge >= 0.3 is 12.2 Å². The van der Waals surface area contributed by atoms with Crippen LogP contribution in [0.2, 0.25) is 0 Å². The van der Waals surface area contributed by atoms with Crippen molar-refractivity contribution < 1.29 is 22.7 Å². The van der Waals surface area contributed by atoms with Gasteiger partial charge in [0.05, 0.1) is 0 Å². The molecule has 0 atom stereocenters. The Kier molecular flexibility index (Phi) is 5.04. The van der Waals surface area contributed by atoms with Crippen molar-refractivity contribution in [3.63, 3.8) is 0 Å². The van der Waals surface area contributed by atoms with Crippen LogP contribution in [0.5, 0.6) is 5.88 Å². The number of carbonyl (C=O) groups excluding carboxylic acids is 1. The highest BCUT2D eigenvalue weighted by Crippen LogP contribution is 2.56. The molecule has 2 aliphatic heterocycles. The third-order valence-electron chi connectivity index (χ3n) is 9.09. The molecule has 5 fully saturated rings. The van der Waals surface area contributed by atoms with Gasteiger partial charge in [0.15, 0.2) is 5.69 Å². The van der Waals surface area contributed by atoms with Crippen LogP contribution in [0.15, 0.2) is 12.1 Å². The van der Waals surface area contributed by atoms with E-state index in [1.165, 1.54) is 18.9 Å². The van der Waals surface area contributed by atoms with E-state index in [1.54, 1.807) is 0 Å². The van der Waals surface area contributed by atoms with Crippen molar-refractivity contribution >= 4 is 6.03 Å². The first-order valence-electron chi connectivity index (χ1n) is 13.2. The number of likely N-dealkylation sites (tertiary alicyclic amines) is 2. The van der Waals surface area contributed by atoms with E-state index in [0.717, 1.165) is 82.4 Å². The van der Waals surface area contributed by atoms with Crippen LogP contribution >= 0.6 is 0 Å². The number of carbonyl (C=O) groups is 1. The van der Waals surface area contributed by atoms with E-state index in [-0.39, 0.29) is 28.8 Å². The van der Waals surface area contributed by atoms with Gasteiger partial charge in [-0.2, -0.15) is 13.2 Å². The molecule has 12 heteroatoms. The number of nitrogens with zero attached hydrogens (tertiary/aromatic N) is 6. The number of urea groups is 1. The van der Waals surface area contributed by atoms with Gasteiger partial charge in [-0.1, -0.05) is 0 Å². The number of aromatic amines is 1. The summed E-state index contributed by atoms with van der Waals surface area (Å²) in [6.45, 7) is 3.21. The second-order valence-corrected chi connectivity index (χ2v) is 12.0. The lowest BCUT2D eigenvalue weighted by atomic mass is 9.57. The predicted molar refractivity (Wildman–Crippen MR) is 124 cm³/mol. The number of nitrogens with one attached hydrogen (secondary N) is 1. The second-order valence-electron chi connectivity index (χ2n) is 12.0. The van der Waals surface area contributed by atoms with Gasteiger partial charge in [0, 0.05) is 54.9 Å². The van der Waals surface area contributed by atoms with Crippen LogP contribution in [0, 0.1) is 10.8 Å². The SMILES string of the molecule is O=C(N1CC2(CCC(Oc3ccc(C(F)(F)F)nn3)CC2)C1)N1CC2(CC(c3nnc(C4CC4)[nH]3)C2)C1. The topological polar surface area (TPSA) is 100 Å². The van der Waals surface area contributed by atoms with Gasteiger partial charge < -0.3 is 19.5 Å². The summed E-state index contributed by atoms with van der Waals surface area (Å²) >= 11 is 0. The fraction of sp³-hybridized carbons (Fsp3) is 0.720. The quantitative estimate of drug-likeness (QED) is 0.655. The molecule has 37 heavy (non-hydrogen) atoms. The molecule has 2 spiro atoms. The summed E-state index contributed by atoms with van der Waals surface area (Å²) in [6.07, 6.45) is 3.43. The fourth-order valence-electron chi connectivity index (χ4n) is 6.79. The zero-order chi connectivity index (χ0) is 25.4. The third-order valence-corrected chi connectivity index (χ3v) is 9.09. The summed E-state index contributed by atoms with van der Waals surface area (Å²) in [4.78, 5) is 20.4. The molecule has 0 aromatic carbocycles. The largest absolute Gasteiger partial charge is 0.473 e. The molecule has 4 heterocycles. The van der Waals surface area contributed by atoms with Crippen molar-refractivity contribution in [1.29, 1.82) is 0 Å². The number of ether oxygens (including phenoxy) is 1. The summed E-state index contributed by atoms with van der Waals surface area (Å²) in [5, 5.41) is 15.5. The molecule has 0 bridgehead atoms. The minimum Gasteiger partial charge on any atom is -0.473 e. The van der Waals surface area contributed by atoms with Gasteiger partial charge in [0.1, 0.15) is 17.8 Å². The van der Waals surface area contributed by atoms with Crippen LogP contribution in [0.25, 0.3) is 0 Å². The van der Waals surface area contributed by atoms with E-state index in [1.807, 2.05) is 9.80 Å². The van der Waals surface area contributed by atoms with E-state index in [0.29, 0.717) is 11.8 Å². The Labute approximate surface area is 212 Å². The van der Waals surface area contributed by atoms with E-state index in [9.17, 15) is 18.0 Å². The molecular formula is C25H30F3N7O2. The van der Waals surface area contributed by atoms with Crippen molar-refractivity contribution in [1.82, 2.24) is 35.2 Å². The molecule has 3 aliphatic carbocycles. The third kappa shape index (κ3) is 4.21. The lowest BCUT2D eigenvalue weighted by Crippen LogP contribution is -2.69. The van der Waals surface area contributed by atoms with E-state index in [2.05, 4.69) is 25.4 Å². The molecule has 0 radical (unpaired) electrons. The van der Waals surface area contributed by atoms with Gasteiger partial charge in [-0.25, -0.2) is 4.79 Å². The summed E-state index contributed by atoms with van der Waals surface area (Å²) < 4.78 is 43.8. The van der Waals surface area contributed by atoms with Gasteiger partial charge in [0.2, 0.25) is 5.88 Å². The van der Waals surface area contributed by atoms with Crippen LogP contribution in [0.3, 0.4) is 0 Å². The standard InChI is InChI=1S/C25H30F3N7O2/c26-25(27,28)18-3-4-19(31-30-18)37-17-5-7-23(8-6-17)11-34(12-23)22(36)35-13-24(14-35)9-16(10-24)21-29-20(32-33-21)15-1-2-15/h3-4,15-17H,1-2,5-14H2,(H,29,32,33). The molecular weight excluding hydrogens is 487 g/mol. The maximum atomic E-state index is 13.0. The highest BCUT2D eigenvalue weighted by Gasteiger charge is 2.57. The van der Waals surface area contributed by atoms with Gasteiger partial charge in [-0.3, -0.25) is 0 Å². The normalized spacial score (nSPS) is 25.1. The number of aromatic nitrogens is 5. The zero-order valence-electron chi connectivity index (χ0n) is 20.5.